The second-order valence-corrected chi connectivity index (χ2v) is 3.01. The fourth-order valence-electron chi connectivity index (χ4n) is 1.49. The smallest absolute Gasteiger partial charge is 0.326 e. The van der Waals surface area contributed by atoms with Gasteiger partial charge >= 0.3 is 5.97 Å². The molecular weight excluding hydrogens is 173 g/mol. The van der Waals surface area contributed by atoms with Gasteiger partial charge in [-0.2, -0.15) is 0 Å². The van der Waals surface area contributed by atoms with Gasteiger partial charge in [0.15, 0.2) is 0 Å². The summed E-state index contributed by atoms with van der Waals surface area (Å²) in [5, 5.41) is 11.4. The normalized spacial score (nSPS) is 19.3. The van der Waals surface area contributed by atoms with Gasteiger partial charge in [0.2, 0.25) is 0 Å². The van der Waals surface area contributed by atoms with Crippen molar-refractivity contribution in [3.05, 3.63) is 29.6 Å². The largest absolute Gasteiger partial charge is 0.480 e. The molecule has 1 aromatic rings. The molecule has 0 amide bonds. The van der Waals surface area contributed by atoms with Crippen LogP contribution in [-0.2, 0) is 11.2 Å². The SMILES string of the molecule is O=C(O)[C@H]1Cc2c(F)cccc2N1. The highest BCUT2D eigenvalue weighted by atomic mass is 19.1. The Balaban J connectivity index is 2.35. The topological polar surface area (TPSA) is 49.3 Å². The van der Waals surface area contributed by atoms with Crippen molar-refractivity contribution in [3.8, 4) is 0 Å². The number of hydrogen-bond acceptors (Lipinski definition) is 2. The molecule has 0 radical (unpaired) electrons. The number of carboxylic acid groups (broad SMARTS) is 1. The van der Waals surface area contributed by atoms with Crippen molar-refractivity contribution in [1.29, 1.82) is 0 Å². The van der Waals surface area contributed by atoms with Gasteiger partial charge in [0, 0.05) is 17.7 Å². The number of fused-ring (bicyclic) bond motifs is 1. The van der Waals surface area contributed by atoms with Gasteiger partial charge in [0.05, 0.1) is 0 Å². The summed E-state index contributed by atoms with van der Waals surface area (Å²) in [5.74, 6) is -1.29. The highest BCUT2D eigenvalue weighted by Crippen LogP contribution is 2.27. The standard InChI is InChI=1S/C9H8FNO2/c10-6-2-1-3-7-5(6)4-8(11-7)9(12)13/h1-3,8,11H,4H2,(H,12,13)/t8-/m1/s1. The van der Waals surface area contributed by atoms with E-state index in [2.05, 4.69) is 5.32 Å². The van der Waals surface area contributed by atoms with E-state index in [-0.39, 0.29) is 12.2 Å². The van der Waals surface area contributed by atoms with Gasteiger partial charge < -0.3 is 10.4 Å². The summed E-state index contributed by atoms with van der Waals surface area (Å²) in [5.41, 5.74) is 1.06. The molecule has 1 aliphatic rings. The van der Waals surface area contributed by atoms with Crippen molar-refractivity contribution in [2.75, 3.05) is 5.32 Å². The molecule has 0 unspecified atom stereocenters. The highest BCUT2D eigenvalue weighted by Gasteiger charge is 2.27. The van der Waals surface area contributed by atoms with Gasteiger partial charge in [-0.1, -0.05) is 6.07 Å². The number of anilines is 1. The molecule has 2 N–H and O–H groups in total. The Hall–Kier alpha value is -1.58. The predicted molar refractivity (Wildman–Crippen MR) is 45.2 cm³/mol. The molecule has 0 saturated carbocycles. The fraction of sp³-hybridized carbons (Fsp3) is 0.222. The van der Waals surface area contributed by atoms with Crippen LogP contribution in [0, 0.1) is 5.82 Å². The van der Waals surface area contributed by atoms with Crippen LogP contribution in [0.15, 0.2) is 18.2 Å². The van der Waals surface area contributed by atoms with Crippen LogP contribution >= 0.6 is 0 Å². The third-order valence-corrected chi connectivity index (χ3v) is 2.15. The quantitative estimate of drug-likeness (QED) is 0.685. The molecule has 4 heteroatoms. The van der Waals surface area contributed by atoms with Crippen LogP contribution in [0.3, 0.4) is 0 Å². The van der Waals surface area contributed by atoms with Crippen molar-refractivity contribution >= 4 is 11.7 Å². The Morgan fingerprint density at radius 1 is 1.62 bits per heavy atom. The van der Waals surface area contributed by atoms with E-state index in [1.54, 1.807) is 12.1 Å². The summed E-state index contributed by atoms with van der Waals surface area (Å²) in [7, 11) is 0. The minimum Gasteiger partial charge on any atom is -0.480 e. The Bertz CT molecular complexity index is 365. The van der Waals surface area contributed by atoms with Crippen LogP contribution in [0.2, 0.25) is 0 Å². The molecule has 2 rings (SSSR count). The van der Waals surface area contributed by atoms with Gasteiger partial charge in [-0.25, -0.2) is 9.18 Å². The Kier molecular flexibility index (Phi) is 1.69. The molecule has 1 aliphatic heterocycles. The fourth-order valence-corrected chi connectivity index (χ4v) is 1.49. The molecule has 0 fully saturated rings. The number of benzene rings is 1. The van der Waals surface area contributed by atoms with E-state index in [0.717, 1.165) is 0 Å². The first-order valence-corrected chi connectivity index (χ1v) is 3.95. The molecule has 0 aromatic heterocycles. The van der Waals surface area contributed by atoms with Gasteiger partial charge in [0.25, 0.3) is 0 Å². The van der Waals surface area contributed by atoms with Gasteiger partial charge in [-0.3, -0.25) is 0 Å². The van der Waals surface area contributed by atoms with E-state index in [0.29, 0.717) is 11.3 Å². The summed E-state index contributed by atoms with van der Waals surface area (Å²) in [6.07, 6.45) is 0.220. The van der Waals surface area contributed by atoms with E-state index in [1.165, 1.54) is 6.07 Å². The van der Waals surface area contributed by atoms with Crippen molar-refractivity contribution in [2.45, 2.75) is 12.5 Å². The van der Waals surface area contributed by atoms with Crippen LogP contribution in [-0.4, -0.2) is 17.1 Å². The average molecular weight is 181 g/mol. The zero-order valence-electron chi connectivity index (χ0n) is 6.75. The maximum atomic E-state index is 13.1. The molecule has 0 spiro atoms. The Morgan fingerprint density at radius 2 is 2.38 bits per heavy atom. The lowest BCUT2D eigenvalue weighted by molar-refractivity contribution is -0.137. The molecule has 0 bridgehead atoms. The number of carboxylic acids is 1. The monoisotopic (exact) mass is 181 g/mol. The minimum atomic E-state index is -0.949. The third kappa shape index (κ3) is 1.24. The highest BCUT2D eigenvalue weighted by molar-refractivity contribution is 5.81. The average Bonchev–Trinajstić information content (AvgIpc) is 2.49. The molecular formula is C9H8FNO2. The van der Waals surface area contributed by atoms with E-state index in [9.17, 15) is 9.18 Å². The number of halogens is 1. The molecule has 0 saturated heterocycles. The number of rotatable bonds is 1. The maximum Gasteiger partial charge on any atom is 0.326 e. The summed E-state index contributed by atoms with van der Waals surface area (Å²) in [6, 6.07) is 3.89. The number of nitrogens with one attached hydrogen (secondary N) is 1. The van der Waals surface area contributed by atoms with Crippen LogP contribution in [0.25, 0.3) is 0 Å². The molecule has 1 aromatic carbocycles. The lowest BCUT2D eigenvalue weighted by Gasteiger charge is -2.02. The lowest BCUT2D eigenvalue weighted by Crippen LogP contribution is -2.26. The molecule has 1 atom stereocenters. The van der Waals surface area contributed by atoms with Gasteiger partial charge in [-0.05, 0) is 12.1 Å². The summed E-state index contributed by atoms with van der Waals surface area (Å²) >= 11 is 0. The summed E-state index contributed by atoms with van der Waals surface area (Å²) in [4.78, 5) is 10.6. The summed E-state index contributed by atoms with van der Waals surface area (Å²) in [6.45, 7) is 0. The second kappa shape index (κ2) is 2.73. The van der Waals surface area contributed by atoms with Crippen molar-refractivity contribution in [2.24, 2.45) is 0 Å². The van der Waals surface area contributed by atoms with E-state index in [1.807, 2.05) is 0 Å². The van der Waals surface area contributed by atoms with Crippen molar-refractivity contribution < 1.29 is 14.3 Å². The number of hydrogen-bond donors (Lipinski definition) is 2. The molecule has 68 valence electrons. The van der Waals surface area contributed by atoms with Crippen molar-refractivity contribution in [3.63, 3.8) is 0 Å². The van der Waals surface area contributed by atoms with E-state index >= 15 is 0 Å². The maximum absolute atomic E-state index is 13.1. The molecule has 13 heavy (non-hydrogen) atoms. The third-order valence-electron chi connectivity index (χ3n) is 2.15. The predicted octanol–water partition coefficient (Wildman–Crippen LogP) is 1.25. The first-order chi connectivity index (χ1) is 6.18. The van der Waals surface area contributed by atoms with Crippen LogP contribution in [0.4, 0.5) is 10.1 Å². The summed E-state index contributed by atoms with van der Waals surface area (Å²) < 4.78 is 13.1. The Labute approximate surface area is 74.2 Å². The first kappa shape index (κ1) is 8.04. The zero-order valence-corrected chi connectivity index (χ0v) is 6.75. The van der Waals surface area contributed by atoms with Crippen LogP contribution in [0.1, 0.15) is 5.56 Å². The van der Waals surface area contributed by atoms with E-state index in [4.69, 9.17) is 5.11 Å². The lowest BCUT2D eigenvalue weighted by atomic mass is 10.1. The van der Waals surface area contributed by atoms with E-state index < -0.39 is 12.0 Å². The first-order valence-electron chi connectivity index (χ1n) is 3.95. The van der Waals surface area contributed by atoms with Crippen LogP contribution in [0.5, 0.6) is 0 Å². The van der Waals surface area contributed by atoms with Crippen LogP contribution < -0.4 is 5.32 Å². The zero-order chi connectivity index (χ0) is 9.42. The molecule has 1 heterocycles. The minimum absolute atomic E-state index is 0.220. The van der Waals surface area contributed by atoms with Gasteiger partial charge in [-0.15, -0.1) is 0 Å². The van der Waals surface area contributed by atoms with Crippen molar-refractivity contribution in [1.82, 2.24) is 0 Å². The van der Waals surface area contributed by atoms with Gasteiger partial charge in [0.1, 0.15) is 11.9 Å². The molecule has 0 aliphatic carbocycles. The second-order valence-electron chi connectivity index (χ2n) is 3.01. The number of aliphatic carboxylic acids is 1. The molecule has 3 nitrogen and oxygen atoms in total. The number of carbonyl (C=O) groups is 1. The Morgan fingerprint density at radius 3 is 3.00 bits per heavy atom.